The summed E-state index contributed by atoms with van der Waals surface area (Å²) in [6.07, 6.45) is 3.84. The second-order valence-corrected chi connectivity index (χ2v) is 6.26. The molecule has 0 aliphatic heterocycles. The summed E-state index contributed by atoms with van der Waals surface area (Å²) in [4.78, 5) is 4.57. The average Bonchev–Trinajstić information content (AvgIpc) is 3.15. The predicted molar refractivity (Wildman–Crippen MR) is 103 cm³/mol. The standard InChI is InChI=1S/C20H18FNO3S/c1-23-17-10-13(11-18(24-2)20(17)25-3)4-9-19-22-16(12-26-19)14-5-7-15(21)8-6-14/h4-12H,1-3H3. The lowest BCUT2D eigenvalue weighted by molar-refractivity contribution is 0.324. The molecule has 0 N–H and O–H groups in total. The second-order valence-electron chi connectivity index (χ2n) is 5.37. The smallest absolute Gasteiger partial charge is 0.203 e. The Balaban J connectivity index is 1.85. The van der Waals surface area contributed by atoms with Crippen molar-refractivity contribution < 1.29 is 18.6 Å². The van der Waals surface area contributed by atoms with Gasteiger partial charge in [-0.25, -0.2) is 9.37 Å². The number of methoxy groups -OCH3 is 3. The van der Waals surface area contributed by atoms with E-state index in [0.717, 1.165) is 21.8 Å². The van der Waals surface area contributed by atoms with Crippen molar-refractivity contribution >= 4 is 23.5 Å². The molecule has 0 unspecified atom stereocenters. The van der Waals surface area contributed by atoms with Crippen molar-refractivity contribution in [2.24, 2.45) is 0 Å². The number of benzene rings is 2. The SMILES string of the molecule is COc1cc(C=Cc2nc(-c3ccc(F)cc3)cs2)cc(OC)c1OC. The van der Waals surface area contributed by atoms with E-state index in [9.17, 15) is 4.39 Å². The van der Waals surface area contributed by atoms with Crippen molar-refractivity contribution in [1.82, 2.24) is 4.98 Å². The molecule has 0 bridgehead atoms. The van der Waals surface area contributed by atoms with Gasteiger partial charge in [0.2, 0.25) is 5.75 Å². The van der Waals surface area contributed by atoms with Gasteiger partial charge in [0.1, 0.15) is 10.8 Å². The van der Waals surface area contributed by atoms with Crippen molar-refractivity contribution in [1.29, 1.82) is 0 Å². The molecular weight excluding hydrogens is 353 g/mol. The lowest BCUT2D eigenvalue weighted by Gasteiger charge is -2.12. The molecule has 3 rings (SSSR count). The number of aromatic nitrogens is 1. The topological polar surface area (TPSA) is 40.6 Å². The van der Waals surface area contributed by atoms with Gasteiger partial charge < -0.3 is 14.2 Å². The lowest BCUT2D eigenvalue weighted by Crippen LogP contribution is -1.95. The molecule has 4 nitrogen and oxygen atoms in total. The fourth-order valence-corrected chi connectivity index (χ4v) is 3.20. The minimum Gasteiger partial charge on any atom is -0.493 e. The Morgan fingerprint density at radius 3 is 2.15 bits per heavy atom. The Morgan fingerprint density at radius 1 is 0.923 bits per heavy atom. The fourth-order valence-electron chi connectivity index (χ4n) is 2.48. The van der Waals surface area contributed by atoms with E-state index >= 15 is 0 Å². The highest BCUT2D eigenvalue weighted by Gasteiger charge is 2.12. The average molecular weight is 371 g/mol. The van der Waals surface area contributed by atoms with Gasteiger partial charge in [0.05, 0.1) is 27.0 Å². The van der Waals surface area contributed by atoms with Gasteiger partial charge >= 0.3 is 0 Å². The first kappa shape index (κ1) is 17.9. The van der Waals surface area contributed by atoms with Gasteiger partial charge in [-0.15, -0.1) is 11.3 Å². The molecule has 26 heavy (non-hydrogen) atoms. The predicted octanol–water partition coefficient (Wildman–Crippen LogP) is 5.15. The molecule has 1 aromatic heterocycles. The number of ether oxygens (including phenoxy) is 3. The molecule has 0 spiro atoms. The van der Waals surface area contributed by atoms with E-state index in [-0.39, 0.29) is 5.82 Å². The number of halogens is 1. The van der Waals surface area contributed by atoms with Crippen LogP contribution in [0.25, 0.3) is 23.4 Å². The Hall–Kier alpha value is -2.86. The van der Waals surface area contributed by atoms with E-state index in [1.807, 2.05) is 29.7 Å². The van der Waals surface area contributed by atoms with Crippen LogP contribution in [-0.2, 0) is 0 Å². The molecule has 0 saturated heterocycles. The summed E-state index contributed by atoms with van der Waals surface area (Å²) in [5, 5.41) is 2.79. The van der Waals surface area contributed by atoms with E-state index < -0.39 is 0 Å². The van der Waals surface area contributed by atoms with Crippen LogP contribution in [0.4, 0.5) is 4.39 Å². The van der Waals surface area contributed by atoms with Crippen molar-refractivity contribution in [2.75, 3.05) is 21.3 Å². The minimum absolute atomic E-state index is 0.258. The molecule has 0 aliphatic carbocycles. The summed E-state index contributed by atoms with van der Waals surface area (Å²) in [6, 6.07) is 10.0. The molecule has 134 valence electrons. The molecule has 1 heterocycles. The summed E-state index contributed by atoms with van der Waals surface area (Å²) in [5.41, 5.74) is 2.60. The first-order valence-electron chi connectivity index (χ1n) is 7.84. The van der Waals surface area contributed by atoms with Gasteiger partial charge in [0.15, 0.2) is 11.5 Å². The van der Waals surface area contributed by atoms with Crippen LogP contribution < -0.4 is 14.2 Å². The van der Waals surface area contributed by atoms with Crippen molar-refractivity contribution in [3.63, 3.8) is 0 Å². The first-order valence-corrected chi connectivity index (χ1v) is 8.72. The molecule has 0 amide bonds. The summed E-state index contributed by atoms with van der Waals surface area (Å²) < 4.78 is 29.1. The number of rotatable bonds is 6. The third-order valence-electron chi connectivity index (χ3n) is 3.77. The van der Waals surface area contributed by atoms with E-state index in [0.29, 0.717) is 17.2 Å². The second kappa shape index (κ2) is 8.01. The van der Waals surface area contributed by atoms with Crippen molar-refractivity contribution in [2.45, 2.75) is 0 Å². The Kier molecular flexibility index (Phi) is 5.53. The van der Waals surface area contributed by atoms with Crippen LogP contribution >= 0.6 is 11.3 Å². The van der Waals surface area contributed by atoms with E-state index in [2.05, 4.69) is 4.98 Å². The fraction of sp³-hybridized carbons (Fsp3) is 0.150. The van der Waals surface area contributed by atoms with Gasteiger partial charge in [-0.1, -0.05) is 6.08 Å². The highest BCUT2D eigenvalue weighted by atomic mass is 32.1. The van der Waals surface area contributed by atoms with Gasteiger partial charge in [0, 0.05) is 10.9 Å². The quantitative estimate of drug-likeness (QED) is 0.601. The molecule has 0 aliphatic rings. The van der Waals surface area contributed by atoms with E-state index in [1.165, 1.54) is 23.5 Å². The van der Waals surface area contributed by atoms with Crippen LogP contribution in [0.5, 0.6) is 17.2 Å². The number of hydrogen-bond acceptors (Lipinski definition) is 5. The number of hydrogen-bond donors (Lipinski definition) is 0. The molecule has 3 aromatic rings. The molecule has 2 aromatic carbocycles. The minimum atomic E-state index is -0.258. The molecule has 0 saturated carbocycles. The molecule has 6 heteroatoms. The van der Waals surface area contributed by atoms with Crippen LogP contribution in [0.2, 0.25) is 0 Å². The normalized spacial score (nSPS) is 10.9. The van der Waals surface area contributed by atoms with Crippen LogP contribution in [-0.4, -0.2) is 26.3 Å². The van der Waals surface area contributed by atoms with Crippen LogP contribution in [0.1, 0.15) is 10.6 Å². The molecule has 0 radical (unpaired) electrons. The highest BCUT2D eigenvalue weighted by molar-refractivity contribution is 7.10. The zero-order chi connectivity index (χ0) is 18.5. The number of nitrogens with zero attached hydrogens (tertiary/aromatic N) is 1. The summed E-state index contributed by atoms with van der Waals surface area (Å²) >= 11 is 1.52. The van der Waals surface area contributed by atoms with Crippen LogP contribution in [0.15, 0.2) is 41.8 Å². The van der Waals surface area contributed by atoms with Gasteiger partial charge in [0.25, 0.3) is 0 Å². The summed E-state index contributed by atoms with van der Waals surface area (Å²) in [5.74, 6) is 1.49. The molecular formula is C20H18FNO3S. The Morgan fingerprint density at radius 2 is 1.58 bits per heavy atom. The van der Waals surface area contributed by atoms with Crippen LogP contribution in [0, 0.1) is 5.82 Å². The molecule has 0 atom stereocenters. The zero-order valence-corrected chi connectivity index (χ0v) is 15.5. The number of thiazole rings is 1. The van der Waals surface area contributed by atoms with Gasteiger partial charge in [-0.2, -0.15) is 0 Å². The maximum Gasteiger partial charge on any atom is 0.203 e. The third-order valence-corrected chi connectivity index (χ3v) is 4.58. The third kappa shape index (κ3) is 3.86. The molecule has 0 fully saturated rings. The monoisotopic (exact) mass is 371 g/mol. The van der Waals surface area contributed by atoms with Crippen LogP contribution in [0.3, 0.4) is 0 Å². The van der Waals surface area contributed by atoms with E-state index in [1.54, 1.807) is 33.5 Å². The highest BCUT2D eigenvalue weighted by Crippen LogP contribution is 2.38. The van der Waals surface area contributed by atoms with Crippen molar-refractivity contribution in [3.05, 3.63) is 58.2 Å². The lowest BCUT2D eigenvalue weighted by atomic mass is 10.1. The zero-order valence-electron chi connectivity index (χ0n) is 14.7. The van der Waals surface area contributed by atoms with E-state index in [4.69, 9.17) is 14.2 Å². The summed E-state index contributed by atoms with van der Waals surface area (Å²) in [6.45, 7) is 0. The Bertz CT molecular complexity index is 894. The maximum atomic E-state index is 13.0. The maximum absolute atomic E-state index is 13.0. The first-order chi connectivity index (χ1) is 12.6. The summed E-state index contributed by atoms with van der Waals surface area (Å²) in [7, 11) is 4.74. The Labute approximate surface area is 155 Å². The van der Waals surface area contributed by atoms with Gasteiger partial charge in [-0.3, -0.25) is 0 Å². The largest absolute Gasteiger partial charge is 0.493 e. The van der Waals surface area contributed by atoms with Gasteiger partial charge in [-0.05, 0) is 48.0 Å². The van der Waals surface area contributed by atoms with Crippen molar-refractivity contribution in [3.8, 4) is 28.5 Å².